The standard InChI is InChI=1S/C16H17FN2O4S/c1-10-14(11(2)23-19-10)8-24-9-16(21)22-7-15(20)18-13-5-3-12(17)4-6-13/h3-6H,7-9H2,1-2H3,(H,18,20). The van der Waals surface area contributed by atoms with E-state index in [4.69, 9.17) is 9.26 Å². The van der Waals surface area contributed by atoms with Crippen LogP contribution in [0.25, 0.3) is 0 Å². The van der Waals surface area contributed by atoms with Crippen LogP contribution in [0.1, 0.15) is 17.0 Å². The minimum atomic E-state index is -0.485. The van der Waals surface area contributed by atoms with Gasteiger partial charge in [-0.1, -0.05) is 5.16 Å². The first-order valence-corrected chi connectivity index (χ1v) is 8.31. The van der Waals surface area contributed by atoms with Crippen LogP contribution >= 0.6 is 11.8 Å². The average molecular weight is 352 g/mol. The third-order valence-corrected chi connectivity index (χ3v) is 4.07. The van der Waals surface area contributed by atoms with Crippen molar-refractivity contribution in [1.82, 2.24) is 5.16 Å². The molecule has 128 valence electrons. The Balaban J connectivity index is 1.67. The molecule has 1 aromatic heterocycles. The zero-order valence-electron chi connectivity index (χ0n) is 13.3. The van der Waals surface area contributed by atoms with Crippen LogP contribution in [0.5, 0.6) is 0 Å². The average Bonchev–Trinajstić information content (AvgIpc) is 2.87. The number of nitrogens with zero attached hydrogens (tertiary/aromatic N) is 1. The van der Waals surface area contributed by atoms with Crippen molar-refractivity contribution in [3.8, 4) is 0 Å². The maximum Gasteiger partial charge on any atom is 0.316 e. The lowest BCUT2D eigenvalue weighted by atomic mass is 10.2. The van der Waals surface area contributed by atoms with Crippen molar-refractivity contribution in [2.24, 2.45) is 0 Å². The molecule has 0 saturated carbocycles. The molecule has 0 radical (unpaired) electrons. The largest absolute Gasteiger partial charge is 0.455 e. The fraction of sp³-hybridized carbons (Fsp3) is 0.312. The summed E-state index contributed by atoms with van der Waals surface area (Å²) >= 11 is 1.36. The van der Waals surface area contributed by atoms with E-state index in [-0.39, 0.29) is 12.4 Å². The lowest BCUT2D eigenvalue weighted by Crippen LogP contribution is -2.21. The number of hydrogen-bond acceptors (Lipinski definition) is 6. The second-order valence-electron chi connectivity index (χ2n) is 5.01. The minimum Gasteiger partial charge on any atom is -0.455 e. The van der Waals surface area contributed by atoms with Crippen LogP contribution in [0.3, 0.4) is 0 Å². The van der Waals surface area contributed by atoms with Gasteiger partial charge in [-0.25, -0.2) is 4.39 Å². The van der Waals surface area contributed by atoms with Gasteiger partial charge in [-0.3, -0.25) is 9.59 Å². The number of ether oxygens (including phenoxy) is 1. The van der Waals surface area contributed by atoms with Gasteiger partial charge in [-0.15, -0.1) is 11.8 Å². The Labute approximate surface area is 142 Å². The fourth-order valence-corrected chi connectivity index (χ4v) is 2.83. The molecule has 0 unspecified atom stereocenters. The number of thioether (sulfide) groups is 1. The third kappa shape index (κ3) is 5.38. The van der Waals surface area contributed by atoms with Crippen molar-refractivity contribution in [3.05, 3.63) is 47.1 Å². The maximum atomic E-state index is 12.8. The monoisotopic (exact) mass is 352 g/mol. The van der Waals surface area contributed by atoms with E-state index in [0.29, 0.717) is 11.4 Å². The predicted molar refractivity (Wildman–Crippen MR) is 88.1 cm³/mol. The van der Waals surface area contributed by atoms with Crippen LogP contribution in [0.15, 0.2) is 28.8 Å². The molecule has 0 fully saturated rings. The van der Waals surface area contributed by atoms with Crippen LogP contribution in [0.2, 0.25) is 0 Å². The maximum absolute atomic E-state index is 12.8. The van der Waals surface area contributed by atoms with Crippen LogP contribution in [0, 0.1) is 19.7 Å². The fourth-order valence-electron chi connectivity index (χ4n) is 1.86. The van der Waals surface area contributed by atoms with Crippen molar-refractivity contribution in [3.63, 3.8) is 0 Å². The highest BCUT2D eigenvalue weighted by molar-refractivity contribution is 7.99. The predicted octanol–water partition coefficient (Wildman–Crippen LogP) is 2.85. The molecule has 8 heteroatoms. The molecule has 1 aromatic carbocycles. The number of halogens is 1. The van der Waals surface area contributed by atoms with Gasteiger partial charge in [0.25, 0.3) is 5.91 Å². The molecule has 0 aliphatic rings. The van der Waals surface area contributed by atoms with Gasteiger partial charge in [-0.05, 0) is 38.1 Å². The molecule has 1 heterocycles. The summed E-state index contributed by atoms with van der Waals surface area (Å²) in [5, 5.41) is 6.35. The van der Waals surface area contributed by atoms with Gasteiger partial charge in [0, 0.05) is 17.0 Å². The zero-order chi connectivity index (χ0) is 17.5. The second-order valence-corrected chi connectivity index (χ2v) is 6.00. The van der Waals surface area contributed by atoms with Crippen molar-refractivity contribution >= 4 is 29.3 Å². The summed E-state index contributed by atoms with van der Waals surface area (Å²) in [6, 6.07) is 5.31. The van der Waals surface area contributed by atoms with Gasteiger partial charge in [-0.2, -0.15) is 0 Å². The molecular formula is C16H17FN2O4S. The molecule has 0 aliphatic heterocycles. The molecule has 0 aliphatic carbocycles. The van der Waals surface area contributed by atoms with Gasteiger partial charge in [0.15, 0.2) is 6.61 Å². The number of benzene rings is 1. The number of aryl methyl sites for hydroxylation is 2. The van der Waals surface area contributed by atoms with Crippen molar-refractivity contribution in [1.29, 1.82) is 0 Å². The van der Waals surface area contributed by atoms with E-state index in [0.717, 1.165) is 17.0 Å². The number of rotatable bonds is 7. The van der Waals surface area contributed by atoms with E-state index in [1.54, 1.807) is 0 Å². The molecule has 6 nitrogen and oxygen atoms in total. The number of aromatic nitrogens is 1. The number of anilines is 1. The Morgan fingerprint density at radius 2 is 2.00 bits per heavy atom. The van der Waals surface area contributed by atoms with Gasteiger partial charge >= 0.3 is 5.97 Å². The lowest BCUT2D eigenvalue weighted by Gasteiger charge is -2.06. The first-order chi connectivity index (χ1) is 11.5. The molecule has 0 atom stereocenters. The van der Waals surface area contributed by atoms with Gasteiger partial charge in [0.1, 0.15) is 11.6 Å². The Bertz CT molecular complexity index is 696. The number of amides is 1. The summed E-state index contributed by atoms with van der Waals surface area (Å²) in [6.45, 7) is 3.26. The molecule has 1 N–H and O–H groups in total. The van der Waals surface area contributed by atoms with Gasteiger partial charge in [0.2, 0.25) is 0 Å². The van der Waals surface area contributed by atoms with Gasteiger partial charge in [0.05, 0.1) is 11.4 Å². The van der Waals surface area contributed by atoms with E-state index >= 15 is 0 Å². The summed E-state index contributed by atoms with van der Waals surface area (Å²) in [5.41, 5.74) is 2.19. The third-order valence-electron chi connectivity index (χ3n) is 3.14. The highest BCUT2D eigenvalue weighted by Crippen LogP contribution is 2.19. The van der Waals surface area contributed by atoms with Crippen molar-refractivity contribution < 1.29 is 23.2 Å². The first kappa shape index (κ1) is 18.0. The van der Waals surface area contributed by atoms with Crippen LogP contribution in [-0.4, -0.2) is 29.4 Å². The Morgan fingerprint density at radius 3 is 2.62 bits per heavy atom. The molecule has 0 spiro atoms. The summed E-state index contributed by atoms with van der Waals surface area (Å²) in [4.78, 5) is 23.3. The zero-order valence-corrected chi connectivity index (χ0v) is 14.1. The summed E-state index contributed by atoms with van der Waals surface area (Å²) in [7, 11) is 0. The van der Waals surface area contributed by atoms with Crippen molar-refractivity contribution in [2.45, 2.75) is 19.6 Å². The quantitative estimate of drug-likeness (QED) is 0.772. The van der Waals surface area contributed by atoms with Crippen LogP contribution in [-0.2, 0) is 20.1 Å². The molecular weight excluding hydrogens is 335 g/mol. The molecule has 0 saturated heterocycles. The van der Waals surface area contributed by atoms with E-state index in [1.165, 1.54) is 36.0 Å². The minimum absolute atomic E-state index is 0.119. The topological polar surface area (TPSA) is 81.4 Å². The van der Waals surface area contributed by atoms with E-state index < -0.39 is 17.7 Å². The highest BCUT2D eigenvalue weighted by atomic mass is 32.2. The van der Waals surface area contributed by atoms with E-state index in [1.807, 2.05) is 13.8 Å². The number of esters is 1. The molecule has 2 rings (SSSR count). The number of hydrogen-bond donors (Lipinski definition) is 1. The second kappa shape index (κ2) is 8.49. The van der Waals surface area contributed by atoms with Crippen LogP contribution in [0.4, 0.5) is 10.1 Å². The molecule has 24 heavy (non-hydrogen) atoms. The Morgan fingerprint density at radius 1 is 1.29 bits per heavy atom. The van der Waals surface area contributed by atoms with Crippen LogP contribution < -0.4 is 5.32 Å². The molecule has 0 bridgehead atoms. The summed E-state index contributed by atoms with van der Waals surface area (Å²) in [5.74, 6) is 0.0693. The molecule has 1 amide bonds. The lowest BCUT2D eigenvalue weighted by molar-refractivity contribution is -0.144. The highest BCUT2D eigenvalue weighted by Gasteiger charge is 2.12. The smallest absolute Gasteiger partial charge is 0.316 e. The first-order valence-electron chi connectivity index (χ1n) is 7.16. The Hall–Kier alpha value is -2.35. The number of nitrogens with one attached hydrogen (secondary N) is 1. The van der Waals surface area contributed by atoms with E-state index in [2.05, 4.69) is 10.5 Å². The van der Waals surface area contributed by atoms with Gasteiger partial charge < -0.3 is 14.6 Å². The normalized spacial score (nSPS) is 10.5. The SMILES string of the molecule is Cc1noc(C)c1CSCC(=O)OCC(=O)Nc1ccc(F)cc1. The summed E-state index contributed by atoms with van der Waals surface area (Å²) < 4.78 is 22.7. The number of carbonyl (C=O) groups excluding carboxylic acids is 2. The van der Waals surface area contributed by atoms with E-state index in [9.17, 15) is 14.0 Å². The number of carbonyl (C=O) groups is 2. The van der Waals surface area contributed by atoms with Crippen molar-refractivity contribution in [2.75, 3.05) is 17.7 Å². The Kier molecular flexibility index (Phi) is 6.36. The summed E-state index contributed by atoms with van der Waals surface area (Å²) in [6.07, 6.45) is 0. The molecule has 2 aromatic rings.